The van der Waals surface area contributed by atoms with Crippen LogP contribution in [0.5, 0.6) is 0 Å². The molecule has 1 N–H and O–H groups in total. The van der Waals surface area contributed by atoms with Crippen LogP contribution in [-0.4, -0.2) is 45.0 Å². The molecule has 1 heterocycles. The number of hydrogen-bond donors (Lipinski definition) is 1. The van der Waals surface area contributed by atoms with Crippen LogP contribution in [0.3, 0.4) is 0 Å². The van der Waals surface area contributed by atoms with E-state index >= 15 is 0 Å². The third-order valence-corrected chi connectivity index (χ3v) is 4.46. The van der Waals surface area contributed by atoms with Gasteiger partial charge in [0.05, 0.1) is 7.11 Å². The maximum absolute atomic E-state index is 11.3. The molecule has 1 unspecified atom stereocenters. The molecule has 0 radical (unpaired) electrons. The molecule has 1 aliphatic rings. The van der Waals surface area contributed by atoms with Crippen LogP contribution in [0.4, 0.5) is 0 Å². The number of esters is 1. The van der Waals surface area contributed by atoms with Crippen LogP contribution in [0.1, 0.15) is 77.0 Å². The average Bonchev–Trinajstić information content (AvgIpc) is 2.70. The number of amides is 1. The van der Waals surface area contributed by atoms with Crippen molar-refractivity contribution in [1.29, 1.82) is 0 Å². The van der Waals surface area contributed by atoms with Crippen molar-refractivity contribution in [3.63, 3.8) is 0 Å². The number of hydrogen-bond acceptors (Lipinski definition) is 5. The standard InChI is InChI=1S/C21H35NO5/c1-25-20(24)18-22-19(23)14-10-8-6-4-2-3-5-7-9-12-16-26-21-15-11-13-17-27-21/h21H,2-9,11-13,15-18H2,1H3,(H,22,23). The Hall–Kier alpha value is -1.58. The minimum atomic E-state index is -0.476. The maximum Gasteiger partial charge on any atom is 0.325 e. The van der Waals surface area contributed by atoms with Gasteiger partial charge in [0.1, 0.15) is 6.54 Å². The molecule has 1 amide bonds. The molecule has 1 rings (SSSR count). The molecule has 27 heavy (non-hydrogen) atoms. The summed E-state index contributed by atoms with van der Waals surface area (Å²) in [5, 5.41) is 2.39. The van der Waals surface area contributed by atoms with E-state index in [-0.39, 0.29) is 12.8 Å². The Bertz CT molecular complexity index is 463. The topological polar surface area (TPSA) is 73.9 Å². The molecule has 1 saturated heterocycles. The Morgan fingerprint density at radius 2 is 1.74 bits per heavy atom. The van der Waals surface area contributed by atoms with Crippen molar-refractivity contribution in [2.45, 2.75) is 83.3 Å². The molecule has 154 valence electrons. The Morgan fingerprint density at radius 3 is 2.41 bits per heavy atom. The maximum atomic E-state index is 11.3. The van der Waals surface area contributed by atoms with E-state index in [9.17, 15) is 9.59 Å². The third kappa shape index (κ3) is 14.2. The van der Waals surface area contributed by atoms with Crippen LogP contribution < -0.4 is 5.32 Å². The van der Waals surface area contributed by atoms with Gasteiger partial charge in [0, 0.05) is 19.6 Å². The molecule has 0 aromatic carbocycles. The largest absolute Gasteiger partial charge is 0.468 e. The summed E-state index contributed by atoms with van der Waals surface area (Å²) in [6.07, 6.45) is 13.7. The molecule has 1 atom stereocenters. The van der Waals surface area contributed by atoms with Gasteiger partial charge < -0.3 is 19.5 Å². The van der Waals surface area contributed by atoms with Gasteiger partial charge in [-0.3, -0.25) is 9.59 Å². The van der Waals surface area contributed by atoms with Crippen molar-refractivity contribution in [2.75, 3.05) is 26.9 Å². The Morgan fingerprint density at radius 1 is 1.04 bits per heavy atom. The number of carbonyl (C=O) groups excluding carboxylic acids is 2. The molecule has 0 aromatic heterocycles. The zero-order valence-electron chi connectivity index (χ0n) is 16.7. The number of unbranched alkanes of at least 4 members (excludes halogenated alkanes) is 8. The van der Waals surface area contributed by atoms with Gasteiger partial charge >= 0.3 is 5.97 Å². The molecule has 1 fully saturated rings. The van der Waals surface area contributed by atoms with Gasteiger partial charge in [-0.05, 0) is 38.0 Å². The SMILES string of the molecule is COC(=O)CNC(=O)C#CCCCCCCCCCCOC1CCCCO1. The van der Waals surface area contributed by atoms with Crippen LogP contribution in [0.2, 0.25) is 0 Å². The lowest BCUT2D eigenvalue weighted by molar-refractivity contribution is -0.162. The first-order chi connectivity index (χ1) is 13.2. The monoisotopic (exact) mass is 381 g/mol. The molecule has 0 bridgehead atoms. The average molecular weight is 382 g/mol. The van der Waals surface area contributed by atoms with Crippen molar-refractivity contribution < 1.29 is 23.8 Å². The lowest BCUT2D eigenvalue weighted by Gasteiger charge is -2.22. The van der Waals surface area contributed by atoms with Gasteiger partial charge in [0.15, 0.2) is 6.29 Å². The number of nitrogens with one attached hydrogen (secondary N) is 1. The molecular weight excluding hydrogens is 346 g/mol. The fourth-order valence-electron chi connectivity index (χ4n) is 2.85. The summed E-state index contributed by atoms with van der Waals surface area (Å²) in [5.41, 5.74) is 0. The summed E-state index contributed by atoms with van der Waals surface area (Å²) in [6.45, 7) is 1.53. The summed E-state index contributed by atoms with van der Waals surface area (Å²) in [5.74, 6) is 4.42. The van der Waals surface area contributed by atoms with Crippen LogP contribution in [0.25, 0.3) is 0 Å². The quantitative estimate of drug-likeness (QED) is 0.301. The Kier molecular flexibility index (Phi) is 14.4. The minimum Gasteiger partial charge on any atom is -0.468 e. The first kappa shape index (κ1) is 23.5. The van der Waals surface area contributed by atoms with E-state index in [4.69, 9.17) is 9.47 Å². The van der Waals surface area contributed by atoms with Gasteiger partial charge in [-0.25, -0.2) is 0 Å². The molecule has 6 nitrogen and oxygen atoms in total. The fraction of sp³-hybridized carbons (Fsp3) is 0.810. The predicted molar refractivity (Wildman–Crippen MR) is 104 cm³/mol. The van der Waals surface area contributed by atoms with Crippen LogP contribution in [0.15, 0.2) is 0 Å². The summed E-state index contributed by atoms with van der Waals surface area (Å²) < 4.78 is 15.7. The van der Waals surface area contributed by atoms with E-state index in [0.717, 1.165) is 38.9 Å². The van der Waals surface area contributed by atoms with Gasteiger partial charge in [0.25, 0.3) is 5.91 Å². The zero-order chi connectivity index (χ0) is 19.6. The molecule has 6 heteroatoms. The van der Waals surface area contributed by atoms with Gasteiger partial charge in [-0.15, -0.1) is 0 Å². The predicted octanol–water partition coefficient (Wildman–Crippen LogP) is 3.33. The molecule has 0 saturated carbocycles. The third-order valence-electron chi connectivity index (χ3n) is 4.46. The lowest BCUT2D eigenvalue weighted by atomic mass is 10.1. The van der Waals surface area contributed by atoms with E-state index in [0.29, 0.717) is 6.42 Å². The highest BCUT2D eigenvalue weighted by Gasteiger charge is 2.13. The first-order valence-electron chi connectivity index (χ1n) is 10.3. The van der Waals surface area contributed by atoms with Crippen LogP contribution >= 0.6 is 0 Å². The van der Waals surface area contributed by atoms with Gasteiger partial charge in [-0.2, -0.15) is 0 Å². The van der Waals surface area contributed by atoms with E-state index < -0.39 is 11.9 Å². The summed E-state index contributed by atoms with van der Waals surface area (Å²) >= 11 is 0. The normalized spacial score (nSPS) is 16.3. The molecular formula is C21H35NO5. The Labute approximate surface area is 163 Å². The van der Waals surface area contributed by atoms with Crippen molar-refractivity contribution in [1.82, 2.24) is 5.32 Å². The number of carbonyl (C=O) groups is 2. The molecule has 0 aromatic rings. The minimum absolute atomic E-state index is 0.0424. The second-order valence-electron chi connectivity index (χ2n) is 6.81. The van der Waals surface area contributed by atoms with Gasteiger partial charge in [0.2, 0.25) is 0 Å². The van der Waals surface area contributed by atoms with Crippen molar-refractivity contribution >= 4 is 11.9 Å². The number of ether oxygens (including phenoxy) is 3. The first-order valence-corrected chi connectivity index (χ1v) is 10.3. The highest BCUT2D eigenvalue weighted by Crippen LogP contribution is 2.15. The lowest BCUT2D eigenvalue weighted by Crippen LogP contribution is -2.28. The smallest absolute Gasteiger partial charge is 0.325 e. The highest BCUT2D eigenvalue weighted by molar-refractivity contribution is 5.95. The van der Waals surface area contributed by atoms with E-state index in [1.54, 1.807) is 0 Å². The summed E-state index contributed by atoms with van der Waals surface area (Å²) in [6, 6.07) is 0. The van der Waals surface area contributed by atoms with Crippen molar-refractivity contribution in [3.05, 3.63) is 0 Å². The molecule has 1 aliphatic heterocycles. The second-order valence-corrected chi connectivity index (χ2v) is 6.81. The van der Waals surface area contributed by atoms with Crippen LogP contribution in [-0.2, 0) is 23.8 Å². The highest BCUT2D eigenvalue weighted by atomic mass is 16.7. The molecule has 0 aliphatic carbocycles. The fourth-order valence-corrected chi connectivity index (χ4v) is 2.85. The summed E-state index contributed by atoms with van der Waals surface area (Å²) in [7, 11) is 1.28. The Balaban J connectivity index is 1.80. The van der Waals surface area contributed by atoms with Gasteiger partial charge in [-0.1, -0.05) is 44.4 Å². The second kappa shape index (κ2) is 16.6. The summed E-state index contributed by atoms with van der Waals surface area (Å²) in [4.78, 5) is 22.2. The van der Waals surface area contributed by atoms with Crippen LogP contribution in [0, 0.1) is 11.8 Å². The van der Waals surface area contributed by atoms with Crippen molar-refractivity contribution in [2.24, 2.45) is 0 Å². The number of methoxy groups -OCH3 is 1. The zero-order valence-corrected chi connectivity index (χ0v) is 16.7. The van der Waals surface area contributed by atoms with E-state index in [1.807, 2.05) is 0 Å². The van der Waals surface area contributed by atoms with Crippen molar-refractivity contribution in [3.8, 4) is 11.8 Å². The van der Waals surface area contributed by atoms with E-state index in [1.165, 1.54) is 52.1 Å². The molecule has 0 spiro atoms. The van der Waals surface area contributed by atoms with E-state index in [2.05, 4.69) is 21.9 Å². The number of rotatable bonds is 13.